The first-order valence-corrected chi connectivity index (χ1v) is 4.35. The maximum Gasteiger partial charge on any atom is 0.131 e. The smallest absolute Gasteiger partial charge is 0.131 e. The Morgan fingerprint density at radius 3 is 2.77 bits per heavy atom. The number of nitrogens with two attached hydrogens (primary N) is 1. The van der Waals surface area contributed by atoms with E-state index in [-0.39, 0.29) is 6.04 Å². The summed E-state index contributed by atoms with van der Waals surface area (Å²) in [7, 11) is 1.98. The lowest BCUT2D eigenvalue weighted by Crippen LogP contribution is -2.33. The molecule has 4 nitrogen and oxygen atoms in total. The molecule has 0 aromatic carbocycles. The summed E-state index contributed by atoms with van der Waals surface area (Å²) in [4.78, 5) is 10.2. The van der Waals surface area contributed by atoms with Crippen molar-refractivity contribution in [2.75, 3.05) is 18.5 Å². The summed E-state index contributed by atoms with van der Waals surface area (Å²) in [6.45, 7) is 4.73. The number of hydrogen-bond acceptors (Lipinski definition) is 4. The van der Waals surface area contributed by atoms with E-state index in [0.717, 1.165) is 18.1 Å². The van der Waals surface area contributed by atoms with E-state index >= 15 is 0 Å². The summed E-state index contributed by atoms with van der Waals surface area (Å²) in [5.41, 5.74) is 6.66. The molecule has 1 aromatic heterocycles. The molecule has 72 valence electrons. The number of likely N-dealkylation sites (N-methyl/N-ethyl adjacent to an activating group) is 1. The van der Waals surface area contributed by atoms with Crippen molar-refractivity contribution < 1.29 is 0 Å². The van der Waals surface area contributed by atoms with Gasteiger partial charge in [0.25, 0.3) is 0 Å². The highest BCUT2D eigenvalue weighted by Crippen LogP contribution is 2.07. The van der Waals surface area contributed by atoms with E-state index in [1.54, 1.807) is 6.33 Å². The van der Waals surface area contributed by atoms with Crippen LogP contribution < -0.4 is 10.6 Å². The van der Waals surface area contributed by atoms with Crippen molar-refractivity contribution in [2.45, 2.75) is 19.9 Å². The SMILES string of the molecule is Cc1cc(N(C)CC(C)N)ncn1. The van der Waals surface area contributed by atoms with Crippen molar-refractivity contribution in [1.29, 1.82) is 0 Å². The molecule has 1 heterocycles. The molecule has 4 heteroatoms. The maximum atomic E-state index is 5.68. The predicted octanol–water partition coefficient (Wildman–Crippen LogP) is 0.568. The Hall–Kier alpha value is -1.16. The molecular formula is C9H16N4. The third kappa shape index (κ3) is 2.99. The fourth-order valence-electron chi connectivity index (χ4n) is 1.17. The number of hydrogen-bond donors (Lipinski definition) is 1. The first-order chi connectivity index (χ1) is 6.09. The van der Waals surface area contributed by atoms with Crippen molar-refractivity contribution >= 4 is 5.82 Å². The van der Waals surface area contributed by atoms with Gasteiger partial charge in [-0.3, -0.25) is 0 Å². The van der Waals surface area contributed by atoms with E-state index in [1.807, 2.05) is 31.9 Å². The standard InChI is InChI=1S/C9H16N4/c1-7(10)5-13(3)9-4-8(2)11-6-12-9/h4,6-7H,5,10H2,1-3H3. The van der Waals surface area contributed by atoms with Crippen molar-refractivity contribution in [3.63, 3.8) is 0 Å². The molecule has 0 spiro atoms. The van der Waals surface area contributed by atoms with Crippen LogP contribution in [0.25, 0.3) is 0 Å². The number of anilines is 1. The second kappa shape index (κ2) is 4.18. The Kier molecular flexibility index (Phi) is 3.19. The van der Waals surface area contributed by atoms with Crippen LogP contribution in [0.1, 0.15) is 12.6 Å². The summed E-state index contributed by atoms with van der Waals surface area (Å²) in [5.74, 6) is 0.921. The number of nitrogens with zero attached hydrogens (tertiary/aromatic N) is 3. The monoisotopic (exact) mass is 180 g/mol. The van der Waals surface area contributed by atoms with E-state index in [0.29, 0.717) is 0 Å². The number of aromatic nitrogens is 2. The fourth-order valence-corrected chi connectivity index (χ4v) is 1.17. The summed E-state index contributed by atoms with van der Waals surface area (Å²) in [5, 5.41) is 0. The average molecular weight is 180 g/mol. The topological polar surface area (TPSA) is 55.0 Å². The maximum absolute atomic E-state index is 5.68. The Labute approximate surface area is 78.8 Å². The molecule has 0 fully saturated rings. The van der Waals surface area contributed by atoms with Gasteiger partial charge in [0.15, 0.2) is 0 Å². The van der Waals surface area contributed by atoms with Gasteiger partial charge < -0.3 is 10.6 Å². The largest absolute Gasteiger partial charge is 0.358 e. The zero-order valence-electron chi connectivity index (χ0n) is 8.36. The molecule has 2 N–H and O–H groups in total. The molecule has 0 saturated heterocycles. The lowest BCUT2D eigenvalue weighted by molar-refractivity contribution is 0.710. The summed E-state index contributed by atoms with van der Waals surface area (Å²) >= 11 is 0. The molecule has 0 aliphatic rings. The summed E-state index contributed by atoms with van der Waals surface area (Å²) < 4.78 is 0. The quantitative estimate of drug-likeness (QED) is 0.738. The van der Waals surface area contributed by atoms with Crippen molar-refractivity contribution in [1.82, 2.24) is 9.97 Å². The van der Waals surface area contributed by atoms with E-state index in [1.165, 1.54) is 0 Å². The fraction of sp³-hybridized carbons (Fsp3) is 0.556. The van der Waals surface area contributed by atoms with Gasteiger partial charge in [0.2, 0.25) is 0 Å². The van der Waals surface area contributed by atoms with Gasteiger partial charge in [-0.1, -0.05) is 0 Å². The predicted molar refractivity (Wildman–Crippen MR) is 53.7 cm³/mol. The van der Waals surface area contributed by atoms with Crippen LogP contribution in [0.15, 0.2) is 12.4 Å². The van der Waals surface area contributed by atoms with Crippen LogP contribution in [0.2, 0.25) is 0 Å². The van der Waals surface area contributed by atoms with Gasteiger partial charge in [0, 0.05) is 31.4 Å². The summed E-state index contributed by atoms with van der Waals surface area (Å²) in [6, 6.07) is 2.10. The molecule has 1 atom stereocenters. The van der Waals surface area contributed by atoms with Crippen LogP contribution in [0.5, 0.6) is 0 Å². The average Bonchev–Trinajstić information content (AvgIpc) is 2.03. The molecule has 1 rings (SSSR count). The molecule has 0 aliphatic carbocycles. The van der Waals surface area contributed by atoms with Crippen LogP contribution >= 0.6 is 0 Å². The molecule has 0 saturated carbocycles. The van der Waals surface area contributed by atoms with Crippen molar-refractivity contribution in [2.24, 2.45) is 5.73 Å². The van der Waals surface area contributed by atoms with E-state index in [2.05, 4.69) is 9.97 Å². The minimum Gasteiger partial charge on any atom is -0.358 e. The Morgan fingerprint density at radius 1 is 1.54 bits per heavy atom. The number of aryl methyl sites for hydroxylation is 1. The minimum atomic E-state index is 0.153. The highest BCUT2D eigenvalue weighted by Gasteiger charge is 2.04. The zero-order valence-corrected chi connectivity index (χ0v) is 8.36. The van der Waals surface area contributed by atoms with Gasteiger partial charge in [-0.15, -0.1) is 0 Å². The van der Waals surface area contributed by atoms with Crippen LogP contribution in [0.3, 0.4) is 0 Å². The highest BCUT2D eigenvalue weighted by molar-refractivity contribution is 5.37. The molecular weight excluding hydrogens is 164 g/mol. The molecule has 13 heavy (non-hydrogen) atoms. The first kappa shape index (κ1) is 9.92. The second-order valence-corrected chi connectivity index (χ2v) is 3.38. The van der Waals surface area contributed by atoms with Crippen LogP contribution in [-0.2, 0) is 0 Å². The Morgan fingerprint density at radius 2 is 2.23 bits per heavy atom. The summed E-state index contributed by atoms with van der Waals surface area (Å²) in [6.07, 6.45) is 1.57. The molecule has 1 unspecified atom stereocenters. The van der Waals surface area contributed by atoms with Gasteiger partial charge in [-0.05, 0) is 13.8 Å². The molecule has 0 radical (unpaired) electrons. The molecule has 0 aliphatic heterocycles. The Bertz CT molecular complexity index is 272. The van der Waals surface area contributed by atoms with Gasteiger partial charge in [-0.2, -0.15) is 0 Å². The molecule has 0 amide bonds. The molecule has 1 aromatic rings. The second-order valence-electron chi connectivity index (χ2n) is 3.38. The van der Waals surface area contributed by atoms with E-state index in [4.69, 9.17) is 5.73 Å². The van der Waals surface area contributed by atoms with Crippen molar-refractivity contribution in [3.05, 3.63) is 18.1 Å². The van der Waals surface area contributed by atoms with Crippen molar-refractivity contribution in [3.8, 4) is 0 Å². The lowest BCUT2D eigenvalue weighted by Gasteiger charge is -2.19. The minimum absolute atomic E-state index is 0.153. The normalized spacial score (nSPS) is 12.6. The number of rotatable bonds is 3. The third-order valence-corrected chi connectivity index (χ3v) is 1.74. The lowest BCUT2D eigenvalue weighted by atomic mass is 10.3. The van der Waals surface area contributed by atoms with Gasteiger partial charge in [-0.25, -0.2) is 9.97 Å². The van der Waals surface area contributed by atoms with Gasteiger partial charge in [0.1, 0.15) is 12.1 Å². The van der Waals surface area contributed by atoms with Gasteiger partial charge >= 0.3 is 0 Å². The van der Waals surface area contributed by atoms with E-state index in [9.17, 15) is 0 Å². The van der Waals surface area contributed by atoms with Crippen LogP contribution in [0.4, 0.5) is 5.82 Å². The van der Waals surface area contributed by atoms with Crippen LogP contribution in [-0.4, -0.2) is 29.6 Å². The Balaban J connectivity index is 2.71. The molecule has 0 bridgehead atoms. The van der Waals surface area contributed by atoms with Gasteiger partial charge in [0.05, 0.1) is 0 Å². The zero-order chi connectivity index (χ0) is 9.84. The third-order valence-electron chi connectivity index (χ3n) is 1.74. The highest BCUT2D eigenvalue weighted by atomic mass is 15.2. The van der Waals surface area contributed by atoms with E-state index < -0.39 is 0 Å². The van der Waals surface area contributed by atoms with Crippen LogP contribution in [0, 0.1) is 6.92 Å². The first-order valence-electron chi connectivity index (χ1n) is 4.35.